The number of hydrogen-bond donors (Lipinski definition) is 2. The predicted molar refractivity (Wildman–Crippen MR) is 284 cm³/mol. The Morgan fingerprint density at radius 1 is 0.455 bits per heavy atom. The minimum Gasteiger partial charge on any atom is -0.457 e. The summed E-state index contributed by atoms with van der Waals surface area (Å²) >= 11 is 0. The summed E-state index contributed by atoms with van der Waals surface area (Å²) in [7, 11) is -4.29. The first kappa shape index (κ1) is 64.7. The van der Waals surface area contributed by atoms with Crippen LogP contribution in [0.1, 0.15) is 284 Å². The Morgan fingerprint density at radius 3 is 1.20 bits per heavy atom. The van der Waals surface area contributed by atoms with Crippen molar-refractivity contribution in [3.63, 3.8) is 0 Å². The molecule has 0 aliphatic carbocycles. The van der Waals surface area contributed by atoms with E-state index >= 15 is 0 Å². The molecular weight excluding hydrogens is 842 g/mol. The zero-order valence-electron chi connectivity index (χ0n) is 43.7. The average molecular weight is 952 g/mol. The molecule has 0 spiro atoms. The molecule has 0 heterocycles. The van der Waals surface area contributed by atoms with E-state index in [9.17, 15) is 14.3 Å². The monoisotopic (exact) mass is 952 g/mol. The van der Waals surface area contributed by atoms with E-state index < -0.39 is 13.9 Å². The third-order valence-corrected chi connectivity index (χ3v) is 13.5. The molecule has 0 aliphatic heterocycles. The molecule has 2 unspecified atom stereocenters. The van der Waals surface area contributed by atoms with Crippen molar-refractivity contribution in [1.29, 1.82) is 0 Å². The number of allylic oxidation sites excluding steroid dienone is 6. The fraction of sp³-hybridized carbons (Fsp3) is 0.877. The van der Waals surface area contributed by atoms with Crippen LogP contribution >= 0.6 is 7.82 Å². The fourth-order valence-corrected chi connectivity index (χ4v) is 9.13. The quantitative estimate of drug-likeness (QED) is 0.0268. The van der Waals surface area contributed by atoms with Gasteiger partial charge in [0.2, 0.25) is 0 Å². The maximum absolute atomic E-state index is 12.7. The Hall–Kier alpha value is -1.28. The number of phosphoric ester groups is 1. The molecule has 2 atom stereocenters. The second-order valence-corrected chi connectivity index (χ2v) is 20.6. The van der Waals surface area contributed by atoms with Gasteiger partial charge < -0.3 is 20.1 Å². The molecule has 0 aromatic rings. The van der Waals surface area contributed by atoms with Crippen LogP contribution in [-0.2, 0) is 27.9 Å². The Balaban J connectivity index is 3.87. The summed E-state index contributed by atoms with van der Waals surface area (Å²) in [6.45, 7) is 4.95. The zero-order chi connectivity index (χ0) is 48.0. The lowest BCUT2D eigenvalue weighted by Crippen LogP contribution is -2.28. The van der Waals surface area contributed by atoms with Gasteiger partial charge in [0.25, 0.3) is 0 Å². The summed E-state index contributed by atoms with van der Waals surface area (Å²) in [6.07, 6.45) is 66.3. The molecule has 0 saturated carbocycles. The fourth-order valence-electron chi connectivity index (χ4n) is 8.36. The lowest BCUT2D eigenvalue weighted by Gasteiger charge is -2.20. The van der Waals surface area contributed by atoms with Gasteiger partial charge in [-0.05, 0) is 51.4 Å². The molecular formula is C57H110NO7P. The molecule has 0 saturated heterocycles. The molecule has 0 aromatic heterocycles. The number of esters is 1. The van der Waals surface area contributed by atoms with Crippen LogP contribution in [0.5, 0.6) is 0 Å². The minimum absolute atomic E-state index is 0.0969. The third-order valence-electron chi connectivity index (χ3n) is 12.6. The molecule has 0 aromatic carbocycles. The number of phosphoric acid groups is 1. The lowest BCUT2D eigenvalue weighted by molar-refractivity contribution is -0.154. The number of hydrogen-bond acceptors (Lipinski definition) is 7. The highest BCUT2D eigenvalue weighted by molar-refractivity contribution is 7.47. The smallest absolute Gasteiger partial charge is 0.457 e. The Morgan fingerprint density at radius 2 is 0.803 bits per heavy atom. The summed E-state index contributed by atoms with van der Waals surface area (Å²) < 4.78 is 33.7. The standard InChI is InChI=1S/C57H110NO7P/c1-3-5-7-9-11-13-15-17-19-21-23-25-26-27-28-29-31-33-35-37-39-41-43-45-47-49-52-62-54-56(55-64-66(60,61)63-53-51-58)65-57(59)50-48-46-44-42-40-38-36-34-32-30-24-22-20-18-16-14-12-10-8-6-4-2/h16,18,22,24,32,34,56H,3-15,17,19-21,23,25-31,33,35-55,58H2,1-2H3,(H,60,61)/b18-16-,24-22-,34-32-. The Labute approximate surface area is 409 Å². The number of carbonyl (C=O) groups is 1. The van der Waals surface area contributed by atoms with Gasteiger partial charge in [0.15, 0.2) is 0 Å². The molecule has 0 radical (unpaired) electrons. The molecule has 0 amide bonds. The van der Waals surface area contributed by atoms with Gasteiger partial charge in [-0.2, -0.15) is 0 Å². The van der Waals surface area contributed by atoms with Crippen molar-refractivity contribution < 1.29 is 32.8 Å². The normalized spacial score (nSPS) is 13.5. The van der Waals surface area contributed by atoms with Crippen molar-refractivity contribution in [2.45, 2.75) is 290 Å². The van der Waals surface area contributed by atoms with E-state index in [-0.39, 0.29) is 32.3 Å². The van der Waals surface area contributed by atoms with Crippen molar-refractivity contribution in [3.05, 3.63) is 36.5 Å². The molecule has 66 heavy (non-hydrogen) atoms. The molecule has 0 aliphatic rings. The van der Waals surface area contributed by atoms with E-state index in [1.54, 1.807) is 0 Å². The first-order valence-corrected chi connectivity index (χ1v) is 30.0. The van der Waals surface area contributed by atoms with E-state index in [1.807, 2.05) is 0 Å². The van der Waals surface area contributed by atoms with Crippen LogP contribution < -0.4 is 5.73 Å². The van der Waals surface area contributed by atoms with Gasteiger partial charge in [-0.15, -0.1) is 0 Å². The number of ether oxygens (including phenoxy) is 2. The second-order valence-electron chi connectivity index (χ2n) is 19.2. The van der Waals surface area contributed by atoms with E-state index in [0.29, 0.717) is 13.0 Å². The van der Waals surface area contributed by atoms with Gasteiger partial charge in [0.1, 0.15) is 6.10 Å². The highest BCUT2D eigenvalue weighted by atomic mass is 31.2. The summed E-state index contributed by atoms with van der Waals surface area (Å²) in [4.78, 5) is 22.6. The minimum atomic E-state index is -4.29. The second kappa shape index (κ2) is 54.7. The van der Waals surface area contributed by atoms with E-state index in [2.05, 4.69) is 50.3 Å². The van der Waals surface area contributed by atoms with Crippen LogP contribution in [0.15, 0.2) is 36.5 Å². The predicted octanol–water partition coefficient (Wildman–Crippen LogP) is 18.1. The highest BCUT2D eigenvalue weighted by Gasteiger charge is 2.25. The van der Waals surface area contributed by atoms with Crippen LogP contribution in [0.2, 0.25) is 0 Å². The van der Waals surface area contributed by atoms with Gasteiger partial charge in [-0.3, -0.25) is 13.8 Å². The number of carbonyl (C=O) groups excluding carboxylic acids is 1. The number of rotatable bonds is 55. The van der Waals surface area contributed by atoms with Gasteiger partial charge in [0, 0.05) is 19.6 Å². The van der Waals surface area contributed by atoms with Crippen LogP contribution in [0.3, 0.4) is 0 Å². The lowest BCUT2D eigenvalue weighted by atomic mass is 10.0. The first-order chi connectivity index (χ1) is 32.4. The molecule has 0 rings (SSSR count). The van der Waals surface area contributed by atoms with Gasteiger partial charge in [-0.1, -0.05) is 262 Å². The van der Waals surface area contributed by atoms with Crippen molar-refractivity contribution >= 4 is 13.8 Å². The molecule has 0 fully saturated rings. The molecule has 9 heteroatoms. The maximum Gasteiger partial charge on any atom is 0.472 e. The average Bonchev–Trinajstić information content (AvgIpc) is 3.31. The Kier molecular flexibility index (Phi) is 53.6. The largest absolute Gasteiger partial charge is 0.472 e. The summed E-state index contributed by atoms with van der Waals surface area (Å²) in [6, 6.07) is 0. The highest BCUT2D eigenvalue weighted by Crippen LogP contribution is 2.43. The van der Waals surface area contributed by atoms with Crippen molar-refractivity contribution in [2.24, 2.45) is 5.73 Å². The molecule has 8 nitrogen and oxygen atoms in total. The van der Waals surface area contributed by atoms with Gasteiger partial charge in [0.05, 0.1) is 19.8 Å². The third kappa shape index (κ3) is 53.7. The van der Waals surface area contributed by atoms with Gasteiger partial charge >= 0.3 is 13.8 Å². The first-order valence-electron chi connectivity index (χ1n) is 28.5. The number of nitrogens with two attached hydrogens (primary N) is 1. The van der Waals surface area contributed by atoms with Crippen LogP contribution in [0.25, 0.3) is 0 Å². The van der Waals surface area contributed by atoms with Crippen molar-refractivity contribution in [3.8, 4) is 0 Å². The van der Waals surface area contributed by atoms with Crippen LogP contribution in [0, 0.1) is 0 Å². The number of unbranched alkanes of at least 4 members (excludes halogenated alkanes) is 36. The van der Waals surface area contributed by atoms with Crippen molar-refractivity contribution in [2.75, 3.05) is 33.0 Å². The maximum atomic E-state index is 12.7. The topological polar surface area (TPSA) is 117 Å². The van der Waals surface area contributed by atoms with Crippen LogP contribution in [-0.4, -0.2) is 49.9 Å². The molecule has 390 valence electrons. The zero-order valence-corrected chi connectivity index (χ0v) is 44.6. The Bertz CT molecular complexity index is 1110. The van der Waals surface area contributed by atoms with Crippen LogP contribution in [0.4, 0.5) is 0 Å². The SMILES string of the molecule is CCCCCCC/C=C\C/C=C\C/C=C\CCCCCCCCC(=O)OC(COCCCCCCCCCCCCCCCCCCCCCCCCCCCC)COP(=O)(O)OCCN. The van der Waals surface area contributed by atoms with Gasteiger partial charge in [-0.25, -0.2) is 4.57 Å². The van der Waals surface area contributed by atoms with E-state index in [1.165, 1.54) is 205 Å². The molecule has 3 N–H and O–H groups in total. The summed E-state index contributed by atoms with van der Waals surface area (Å²) in [5, 5.41) is 0. The van der Waals surface area contributed by atoms with Crippen molar-refractivity contribution in [1.82, 2.24) is 0 Å². The molecule has 0 bridgehead atoms. The van der Waals surface area contributed by atoms with E-state index in [4.69, 9.17) is 24.3 Å². The summed E-state index contributed by atoms with van der Waals surface area (Å²) in [5.41, 5.74) is 5.40. The van der Waals surface area contributed by atoms with E-state index in [0.717, 1.165) is 57.8 Å². The summed E-state index contributed by atoms with van der Waals surface area (Å²) in [5.74, 6) is -0.337.